The Kier molecular flexibility index (Phi) is 5.28. The van der Waals surface area contributed by atoms with Crippen molar-refractivity contribution in [3.8, 4) is 0 Å². The van der Waals surface area contributed by atoms with Gasteiger partial charge in [0, 0.05) is 20.8 Å². The molecule has 0 atom stereocenters. The molecule has 0 bridgehead atoms. The highest BCUT2D eigenvalue weighted by molar-refractivity contribution is 5.77. The first-order valence-electron chi connectivity index (χ1n) is 4.20. The molecule has 0 saturated heterocycles. The fourth-order valence-electron chi connectivity index (χ4n) is 0.875. The summed E-state index contributed by atoms with van der Waals surface area (Å²) in [7, 11) is 0. The molecule has 0 radical (unpaired) electrons. The maximum Gasteiger partial charge on any atom is 0.218 e. The van der Waals surface area contributed by atoms with E-state index in [-0.39, 0.29) is 24.3 Å². The fourth-order valence-corrected chi connectivity index (χ4v) is 0.875. The van der Waals surface area contributed by atoms with E-state index in [1.165, 1.54) is 20.8 Å². The summed E-state index contributed by atoms with van der Waals surface area (Å²) >= 11 is 0. The minimum atomic E-state index is -0.561. The van der Waals surface area contributed by atoms with Crippen molar-refractivity contribution in [3.05, 3.63) is 0 Å². The number of hydrogen-bond acceptors (Lipinski definition) is 3. The van der Waals surface area contributed by atoms with Crippen LogP contribution in [0.25, 0.3) is 0 Å². The van der Waals surface area contributed by atoms with Gasteiger partial charge in [0.05, 0.1) is 6.54 Å². The smallest absolute Gasteiger partial charge is 0.218 e. The average Bonchev–Trinajstić information content (AvgIpc) is 1.97. The van der Waals surface area contributed by atoms with E-state index < -0.39 is 6.17 Å². The molecule has 6 nitrogen and oxygen atoms in total. The summed E-state index contributed by atoms with van der Waals surface area (Å²) in [5.41, 5.74) is 0. The normalized spacial score (nSPS) is 9.43. The van der Waals surface area contributed by atoms with Crippen LogP contribution in [0.3, 0.4) is 0 Å². The number of carbonyl (C=O) groups excluding carboxylic acids is 3. The molecule has 0 aliphatic rings. The topological polar surface area (TPSA) is 87.3 Å². The lowest BCUT2D eigenvalue weighted by molar-refractivity contribution is -0.124. The molecular formula is C8H15N3O3. The van der Waals surface area contributed by atoms with Gasteiger partial charge in [-0.3, -0.25) is 14.4 Å². The van der Waals surface area contributed by atoms with Gasteiger partial charge in [-0.1, -0.05) is 0 Å². The van der Waals surface area contributed by atoms with Gasteiger partial charge in [0.15, 0.2) is 0 Å². The second kappa shape index (κ2) is 5.95. The Morgan fingerprint density at radius 1 is 0.929 bits per heavy atom. The van der Waals surface area contributed by atoms with Gasteiger partial charge in [-0.15, -0.1) is 0 Å². The molecule has 0 aromatic carbocycles. The van der Waals surface area contributed by atoms with E-state index in [1.54, 1.807) is 0 Å². The Hall–Kier alpha value is -1.59. The van der Waals surface area contributed by atoms with Crippen molar-refractivity contribution in [2.24, 2.45) is 0 Å². The molecule has 3 N–H and O–H groups in total. The summed E-state index contributed by atoms with van der Waals surface area (Å²) < 4.78 is 0. The number of amides is 3. The predicted octanol–water partition coefficient (Wildman–Crippen LogP) is -1.28. The Morgan fingerprint density at radius 3 is 1.64 bits per heavy atom. The quantitative estimate of drug-likeness (QED) is 0.495. The summed E-state index contributed by atoms with van der Waals surface area (Å²) in [6.07, 6.45) is -0.561. The summed E-state index contributed by atoms with van der Waals surface area (Å²) in [5, 5.41) is 7.45. The van der Waals surface area contributed by atoms with Crippen LogP contribution < -0.4 is 16.0 Å². The van der Waals surface area contributed by atoms with Crippen LogP contribution in [0.4, 0.5) is 0 Å². The molecule has 0 rings (SSSR count). The minimum Gasteiger partial charge on any atom is -0.352 e. The highest BCUT2D eigenvalue weighted by Gasteiger charge is 2.10. The second-order valence-corrected chi connectivity index (χ2v) is 2.89. The molecule has 0 aliphatic carbocycles. The van der Waals surface area contributed by atoms with E-state index >= 15 is 0 Å². The van der Waals surface area contributed by atoms with Gasteiger partial charge in [0.25, 0.3) is 0 Å². The first-order chi connectivity index (χ1) is 6.41. The van der Waals surface area contributed by atoms with Crippen molar-refractivity contribution in [3.63, 3.8) is 0 Å². The molecule has 80 valence electrons. The Balaban J connectivity index is 4.03. The zero-order valence-electron chi connectivity index (χ0n) is 8.51. The Morgan fingerprint density at radius 2 is 1.36 bits per heavy atom. The fraction of sp³-hybridized carbons (Fsp3) is 0.625. The van der Waals surface area contributed by atoms with Crippen LogP contribution in [-0.2, 0) is 14.4 Å². The van der Waals surface area contributed by atoms with Crippen molar-refractivity contribution in [2.45, 2.75) is 26.9 Å². The van der Waals surface area contributed by atoms with Gasteiger partial charge in [-0.05, 0) is 0 Å². The van der Waals surface area contributed by atoms with Gasteiger partial charge in [-0.2, -0.15) is 0 Å². The molecule has 6 heteroatoms. The van der Waals surface area contributed by atoms with E-state index in [0.717, 1.165) is 0 Å². The summed E-state index contributed by atoms with van der Waals surface area (Å²) in [5.74, 6) is -0.756. The van der Waals surface area contributed by atoms with Gasteiger partial charge in [-0.25, -0.2) is 0 Å². The minimum absolute atomic E-state index is 0.175. The van der Waals surface area contributed by atoms with Crippen LogP contribution in [0.1, 0.15) is 20.8 Å². The first-order valence-corrected chi connectivity index (χ1v) is 4.20. The number of hydrogen-bond donors (Lipinski definition) is 3. The maximum absolute atomic E-state index is 10.7. The first kappa shape index (κ1) is 12.4. The Labute approximate surface area is 82.4 Å². The number of nitrogens with one attached hydrogen (secondary N) is 3. The molecule has 0 spiro atoms. The van der Waals surface area contributed by atoms with E-state index in [9.17, 15) is 14.4 Å². The van der Waals surface area contributed by atoms with Crippen molar-refractivity contribution >= 4 is 17.7 Å². The Bertz CT molecular complexity index is 224. The summed E-state index contributed by atoms with van der Waals surface area (Å²) in [6, 6.07) is 0. The zero-order valence-corrected chi connectivity index (χ0v) is 8.51. The van der Waals surface area contributed by atoms with Crippen LogP contribution in [-0.4, -0.2) is 30.4 Å². The third-order valence-electron chi connectivity index (χ3n) is 1.31. The molecule has 0 aromatic heterocycles. The molecule has 0 heterocycles. The molecule has 14 heavy (non-hydrogen) atoms. The zero-order chi connectivity index (χ0) is 11.1. The van der Waals surface area contributed by atoms with Crippen LogP contribution in [0.5, 0.6) is 0 Å². The largest absolute Gasteiger partial charge is 0.352 e. The molecule has 0 aromatic rings. The van der Waals surface area contributed by atoms with Gasteiger partial charge >= 0.3 is 0 Å². The van der Waals surface area contributed by atoms with E-state index in [4.69, 9.17) is 0 Å². The van der Waals surface area contributed by atoms with Crippen LogP contribution in [0, 0.1) is 0 Å². The summed E-state index contributed by atoms with van der Waals surface area (Å²) in [4.78, 5) is 32.0. The molecule has 3 amide bonds. The lowest BCUT2D eigenvalue weighted by Crippen LogP contribution is -2.52. The molecule has 0 aliphatic heterocycles. The van der Waals surface area contributed by atoms with Crippen molar-refractivity contribution in [2.75, 3.05) is 6.54 Å². The maximum atomic E-state index is 10.7. The monoisotopic (exact) mass is 201 g/mol. The van der Waals surface area contributed by atoms with Crippen molar-refractivity contribution in [1.29, 1.82) is 0 Å². The lowest BCUT2D eigenvalue weighted by Gasteiger charge is -2.18. The van der Waals surface area contributed by atoms with Gasteiger partial charge in [0.2, 0.25) is 17.7 Å². The van der Waals surface area contributed by atoms with Crippen LogP contribution in [0.15, 0.2) is 0 Å². The molecule has 0 fully saturated rings. The van der Waals surface area contributed by atoms with Crippen molar-refractivity contribution < 1.29 is 14.4 Å². The molecule has 0 unspecified atom stereocenters. The summed E-state index contributed by atoms with van der Waals surface area (Å²) in [6.45, 7) is 4.21. The van der Waals surface area contributed by atoms with Gasteiger partial charge in [0.1, 0.15) is 6.17 Å². The van der Waals surface area contributed by atoms with Gasteiger partial charge < -0.3 is 16.0 Å². The average molecular weight is 201 g/mol. The highest BCUT2D eigenvalue weighted by atomic mass is 16.2. The van der Waals surface area contributed by atoms with E-state index in [2.05, 4.69) is 16.0 Å². The van der Waals surface area contributed by atoms with E-state index in [1.807, 2.05) is 0 Å². The van der Waals surface area contributed by atoms with Crippen LogP contribution in [0.2, 0.25) is 0 Å². The molecular weight excluding hydrogens is 186 g/mol. The highest BCUT2D eigenvalue weighted by Crippen LogP contribution is 1.78. The van der Waals surface area contributed by atoms with Crippen molar-refractivity contribution in [1.82, 2.24) is 16.0 Å². The number of carbonyl (C=O) groups is 3. The third-order valence-corrected chi connectivity index (χ3v) is 1.31. The molecule has 0 saturated carbocycles. The second-order valence-electron chi connectivity index (χ2n) is 2.89. The lowest BCUT2D eigenvalue weighted by atomic mass is 10.4. The third kappa shape index (κ3) is 7.08. The van der Waals surface area contributed by atoms with Crippen LogP contribution >= 0.6 is 0 Å². The SMILES string of the molecule is CC(=O)NCC(NC(C)=O)NC(C)=O. The standard InChI is InChI=1S/C8H15N3O3/c1-5(12)9-4-8(10-6(2)13)11-7(3)14/h8H,4H2,1-3H3,(H,9,12)(H,10,13)(H,11,14). The van der Waals surface area contributed by atoms with E-state index in [0.29, 0.717) is 0 Å². The number of rotatable bonds is 4. The predicted molar refractivity (Wildman–Crippen MR) is 50.1 cm³/mol.